The number of nitrogens with zero attached hydrogens (tertiary/aromatic N) is 1. The molecule has 0 aromatic heterocycles. The Morgan fingerprint density at radius 2 is 1.90 bits per heavy atom. The molecule has 1 aromatic rings. The summed E-state index contributed by atoms with van der Waals surface area (Å²) in [5, 5.41) is 6.77. The van der Waals surface area contributed by atoms with E-state index in [1.807, 2.05) is 0 Å². The van der Waals surface area contributed by atoms with Crippen LogP contribution >= 0.6 is 24.0 Å². The molecule has 0 amide bonds. The Balaban J connectivity index is 0.00000200. The summed E-state index contributed by atoms with van der Waals surface area (Å²) in [7, 11) is 0. The molecule has 3 nitrogen and oxygen atoms in total. The second-order valence-corrected chi connectivity index (χ2v) is 5.86. The monoisotopic (exact) mass is 387 g/mol. The molecule has 0 bridgehead atoms. The van der Waals surface area contributed by atoms with Gasteiger partial charge in [0, 0.05) is 18.0 Å². The molecule has 0 unspecified atom stereocenters. The average Bonchev–Trinajstić information content (AvgIpc) is 3.21. The average molecular weight is 387 g/mol. The fraction of sp³-hybridized carbons (Fsp3) is 0.562. The van der Waals surface area contributed by atoms with Gasteiger partial charge in [0.15, 0.2) is 5.96 Å². The molecule has 0 heterocycles. The summed E-state index contributed by atoms with van der Waals surface area (Å²) < 4.78 is 0. The van der Waals surface area contributed by atoms with E-state index >= 15 is 0 Å². The van der Waals surface area contributed by atoms with Gasteiger partial charge >= 0.3 is 0 Å². The van der Waals surface area contributed by atoms with E-state index in [1.165, 1.54) is 18.4 Å². The minimum Gasteiger partial charge on any atom is -0.357 e. The predicted octanol–water partition coefficient (Wildman–Crippen LogP) is 3.30. The van der Waals surface area contributed by atoms with Crippen molar-refractivity contribution in [1.29, 1.82) is 0 Å². The summed E-state index contributed by atoms with van der Waals surface area (Å²) in [6, 6.07) is 11.2. The molecule has 1 fully saturated rings. The molecule has 112 valence electrons. The Labute approximate surface area is 139 Å². The Morgan fingerprint density at radius 3 is 2.45 bits per heavy atom. The smallest absolute Gasteiger partial charge is 0.191 e. The molecule has 4 heteroatoms. The molecule has 2 rings (SSSR count). The zero-order chi connectivity index (χ0) is 13.7. The lowest BCUT2D eigenvalue weighted by Crippen LogP contribution is -2.39. The summed E-state index contributed by atoms with van der Waals surface area (Å²) in [4.78, 5) is 4.74. The maximum absolute atomic E-state index is 4.74. The van der Waals surface area contributed by atoms with Crippen molar-refractivity contribution in [1.82, 2.24) is 10.6 Å². The van der Waals surface area contributed by atoms with Gasteiger partial charge in [-0.2, -0.15) is 0 Å². The zero-order valence-corrected chi connectivity index (χ0v) is 15.0. The van der Waals surface area contributed by atoms with E-state index < -0.39 is 0 Å². The lowest BCUT2D eigenvalue weighted by Gasteiger charge is -2.23. The van der Waals surface area contributed by atoms with Gasteiger partial charge in [-0.1, -0.05) is 44.2 Å². The lowest BCUT2D eigenvalue weighted by atomic mass is 9.85. The first-order valence-electron chi connectivity index (χ1n) is 7.22. The number of halogens is 1. The van der Waals surface area contributed by atoms with Gasteiger partial charge in [0.1, 0.15) is 0 Å². The van der Waals surface area contributed by atoms with Crippen molar-refractivity contribution in [3.63, 3.8) is 0 Å². The van der Waals surface area contributed by atoms with Crippen LogP contribution in [0.3, 0.4) is 0 Å². The number of rotatable bonds is 5. The highest BCUT2D eigenvalue weighted by molar-refractivity contribution is 14.0. The maximum atomic E-state index is 4.74. The first kappa shape index (κ1) is 17.3. The first-order valence-corrected chi connectivity index (χ1v) is 7.22. The molecular formula is C16H26IN3. The van der Waals surface area contributed by atoms with Crippen LogP contribution in [0.1, 0.15) is 39.2 Å². The van der Waals surface area contributed by atoms with Gasteiger partial charge in [0.25, 0.3) is 0 Å². The minimum atomic E-state index is 0. The van der Waals surface area contributed by atoms with E-state index in [4.69, 9.17) is 4.99 Å². The molecule has 1 aromatic carbocycles. The quantitative estimate of drug-likeness (QED) is 0.462. The molecule has 1 saturated carbocycles. The largest absolute Gasteiger partial charge is 0.357 e. The van der Waals surface area contributed by atoms with Gasteiger partial charge in [0.2, 0.25) is 0 Å². The van der Waals surface area contributed by atoms with Gasteiger partial charge in [0.05, 0.1) is 6.54 Å². The fourth-order valence-electron chi connectivity index (χ4n) is 2.00. The highest BCUT2D eigenvalue weighted by Crippen LogP contribution is 2.23. The van der Waals surface area contributed by atoms with Crippen LogP contribution in [-0.4, -0.2) is 25.1 Å². The fourth-order valence-corrected chi connectivity index (χ4v) is 2.00. The Kier molecular flexibility index (Phi) is 6.79. The number of hydrogen-bond acceptors (Lipinski definition) is 1. The summed E-state index contributed by atoms with van der Waals surface area (Å²) in [6.45, 7) is 8.29. The molecule has 1 aliphatic rings. The molecule has 0 aliphatic heterocycles. The van der Waals surface area contributed by atoms with Crippen LogP contribution in [0.4, 0.5) is 0 Å². The first-order chi connectivity index (χ1) is 9.12. The van der Waals surface area contributed by atoms with Crippen LogP contribution in [0, 0.1) is 0 Å². The van der Waals surface area contributed by atoms with E-state index in [0.29, 0.717) is 6.04 Å². The summed E-state index contributed by atoms with van der Waals surface area (Å²) in [6.07, 6.45) is 2.54. The molecule has 0 spiro atoms. The van der Waals surface area contributed by atoms with E-state index in [1.54, 1.807) is 0 Å². The van der Waals surface area contributed by atoms with Crippen molar-refractivity contribution in [2.24, 2.45) is 4.99 Å². The second-order valence-electron chi connectivity index (χ2n) is 5.86. The third kappa shape index (κ3) is 5.31. The van der Waals surface area contributed by atoms with E-state index in [0.717, 1.165) is 19.0 Å². The van der Waals surface area contributed by atoms with Crippen LogP contribution in [-0.2, 0) is 5.41 Å². The van der Waals surface area contributed by atoms with E-state index in [-0.39, 0.29) is 29.4 Å². The van der Waals surface area contributed by atoms with Crippen LogP contribution in [0.25, 0.3) is 0 Å². The highest BCUT2D eigenvalue weighted by Gasteiger charge is 2.23. The topological polar surface area (TPSA) is 36.4 Å². The Morgan fingerprint density at radius 1 is 1.25 bits per heavy atom. The van der Waals surface area contributed by atoms with Gasteiger partial charge in [-0.05, 0) is 25.3 Å². The highest BCUT2D eigenvalue weighted by atomic mass is 127. The van der Waals surface area contributed by atoms with Crippen molar-refractivity contribution < 1.29 is 0 Å². The lowest BCUT2D eigenvalue weighted by molar-refractivity contribution is 0.537. The predicted molar refractivity (Wildman–Crippen MR) is 97.0 cm³/mol. The van der Waals surface area contributed by atoms with Crippen molar-refractivity contribution in [3.05, 3.63) is 35.9 Å². The number of guanidine groups is 1. The number of nitrogens with one attached hydrogen (secondary N) is 2. The summed E-state index contributed by atoms with van der Waals surface area (Å²) >= 11 is 0. The van der Waals surface area contributed by atoms with Gasteiger partial charge in [-0.15, -0.1) is 24.0 Å². The molecule has 0 radical (unpaired) electrons. The molecule has 20 heavy (non-hydrogen) atoms. The number of aliphatic imine (C=N–C) groups is 1. The standard InChI is InChI=1S/C16H25N3.HI/c1-4-17-15(19-14-10-11-14)18-12-16(2,3)13-8-6-5-7-9-13;/h5-9,14H,4,10-12H2,1-3H3,(H2,17,18,19);1H. The second kappa shape index (κ2) is 7.86. The molecule has 0 saturated heterocycles. The molecular weight excluding hydrogens is 361 g/mol. The normalized spacial score (nSPS) is 15.4. The summed E-state index contributed by atoms with van der Waals surface area (Å²) in [5.74, 6) is 0.953. The third-order valence-corrected chi connectivity index (χ3v) is 3.45. The van der Waals surface area contributed by atoms with E-state index in [2.05, 4.69) is 61.7 Å². The Bertz CT molecular complexity index is 425. The summed E-state index contributed by atoms with van der Waals surface area (Å²) in [5.41, 5.74) is 1.40. The van der Waals surface area contributed by atoms with Crippen molar-refractivity contribution in [2.45, 2.75) is 45.1 Å². The third-order valence-electron chi connectivity index (χ3n) is 3.45. The van der Waals surface area contributed by atoms with Crippen LogP contribution in [0.5, 0.6) is 0 Å². The van der Waals surface area contributed by atoms with Crippen LogP contribution in [0.15, 0.2) is 35.3 Å². The van der Waals surface area contributed by atoms with Crippen molar-refractivity contribution >= 4 is 29.9 Å². The van der Waals surface area contributed by atoms with Gasteiger partial charge in [-0.3, -0.25) is 4.99 Å². The zero-order valence-electron chi connectivity index (χ0n) is 12.6. The number of benzene rings is 1. The Hall–Kier alpha value is -0.780. The van der Waals surface area contributed by atoms with Gasteiger partial charge in [-0.25, -0.2) is 0 Å². The molecule has 0 atom stereocenters. The minimum absolute atomic E-state index is 0. The SMILES string of the molecule is CCNC(=NCC(C)(C)c1ccccc1)NC1CC1.I. The van der Waals surface area contributed by atoms with Crippen LogP contribution < -0.4 is 10.6 Å². The van der Waals surface area contributed by atoms with Gasteiger partial charge < -0.3 is 10.6 Å². The van der Waals surface area contributed by atoms with Crippen molar-refractivity contribution in [3.8, 4) is 0 Å². The molecule has 1 aliphatic carbocycles. The van der Waals surface area contributed by atoms with E-state index in [9.17, 15) is 0 Å². The number of hydrogen-bond donors (Lipinski definition) is 2. The van der Waals surface area contributed by atoms with Crippen LogP contribution in [0.2, 0.25) is 0 Å². The maximum Gasteiger partial charge on any atom is 0.191 e. The van der Waals surface area contributed by atoms with Crippen molar-refractivity contribution in [2.75, 3.05) is 13.1 Å². The molecule has 2 N–H and O–H groups in total.